The summed E-state index contributed by atoms with van der Waals surface area (Å²) in [5, 5.41) is 9.58. The van der Waals surface area contributed by atoms with Gasteiger partial charge >= 0.3 is 5.97 Å². The van der Waals surface area contributed by atoms with Crippen molar-refractivity contribution < 1.29 is 32.2 Å². The lowest BCUT2D eigenvalue weighted by Crippen LogP contribution is -2.34. The van der Waals surface area contributed by atoms with Crippen LogP contribution in [0.15, 0.2) is 77.5 Å². The summed E-state index contributed by atoms with van der Waals surface area (Å²) in [5.41, 5.74) is 4.53. The van der Waals surface area contributed by atoms with E-state index in [-0.39, 0.29) is 16.7 Å². The van der Waals surface area contributed by atoms with Gasteiger partial charge in [0.2, 0.25) is 5.52 Å². The minimum absolute atomic E-state index is 0.141. The summed E-state index contributed by atoms with van der Waals surface area (Å²) in [7, 11) is -4.39. The minimum atomic E-state index is -4.39. The van der Waals surface area contributed by atoms with Crippen LogP contribution >= 0.6 is 0 Å². The standard InChI is InChI=1S/C35H42N2O6S/c1-6-36(7-2)27-15-17-29-26(22-33(35(3,4)5)43-32(29)23-27)13-11-12-25-19-21-37(20-10-8-9-14-34(38)39)31-18-16-28(24-30(25)31)44(40,41)42/h11-13,15-19,21-24H,6-10,14,20H2,1-5H3,(H-,38,39,40,41,42)/p+1. The Morgan fingerprint density at radius 3 is 2.43 bits per heavy atom. The molecule has 44 heavy (non-hydrogen) atoms. The first-order valence-corrected chi connectivity index (χ1v) is 16.6. The molecule has 0 aliphatic carbocycles. The molecule has 0 unspecified atom stereocenters. The number of hydrogen-bond donors (Lipinski definition) is 2. The van der Waals surface area contributed by atoms with Gasteiger partial charge in [-0.05, 0) is 68.2 Å². The summed E-state index contributed by atoms with van der Waals surface area (Å²) in [5.74, 6) is 0.883. The molecular formula is C35H43N2O6S+. The smallest absolute Gasteiger partial charge is 0.303 e. The molecule has 0 bridgehead atoms. The Morgan fingerprint density at radius 2 is 1.77 bits per heavy atom. The molecule has 1 aromatic heterocycles. The summed E-state index contributed by atoms with van der Waals surface area (Å²) in [6, 6.07) is 12.8. The van der Waals surface area contributed by atoms with Gasteiger partial charge in [-0.3, -0.25) is 9.35 Å². The predicted octanol–water partition coefficient (Wildman–Crippen LogP) is 7.28. The number of aliphatic carboxylic acids is 1. The van der Waals surface area contributed by atoms with Crippen molar-refractivity contribution in [2.24, 2.45) is 5.41 Å². The second kappa shape index (κ2) is 13.8. The van der Waals surface area contributed by atoms with Crippen LogP contribution < -0.4 is 14.2 Å². The second-order valence-corrected chi connectivity index (χ2v) is 13.4. The van der Waals surface area contributed by atoms with Crippen LogP contribution in [-0.2, 0) is 21.5 Å². The van der Waals surface area contributed by atoms with E-state index in [4.69, 9.17) is 9.84 Å². The maximum absolute atomic E-state index is 12.0. The molecule has 0 radical (unpaired) electrons. The summed E-state index contributed by atoms with van der Waals surface area (Å²) in [6.07, 6.45) is 12.2. The molecule has 0 fully saturated rings. The van der Waals surface area contributed by atoms with Gasteiger partial charge in [-0.25, -0.2) is 0 Å². The minimum Gasteiger partial charge on any atom is -0.481 e. The average molecular weight is 620 g/mol. The van der Waals surface area contributed by atoms with E-state index in [2.05, 4.69) is 63.8 Å². The number of allylic oxidation sites excluding steroid dienone is 5. The fraction of sp³-hybridized carbons (Fsp3) is 0.371. The Kier molecular flexibility index (Phi) is 10.3. The molecule has 0 atom stereocenters. The SMILES string of the molecule is CCN(CC)c1ccc2c(c1)OC(C(C)(C)C)=CC2=CC=Cc1cc[n+](CCCCCC(=O)O)c2ccc(S(=O)(=O)O)cc12. The number of pyridine rings is 1. The van der Waals surface area contributed by atoms with E-state index in [1.165, 1.54) is 12.1 Å². The maximum Gasteiger partial charge on any atom is 0.303 e. The Bertz CT molecular complexity index is 1730. The van der Waals surface area contributed by atoms with Gasteiger partial charge in [-0.2, -0.15) is 13.0 Å². The first kappa shape index (κ1) is 33.0. The van der Waals surface area contributed by atoms with E-state index in [0.717, 1.165) is 65.3 Å². The van der Waals surface area contributed by atoms with Gasteiger partial charge in [0, 0.05) is 60.8 Å². The summed E-state index contributed by atoms with van der Waals surface area (Å²) in [6.45, 7) is 13.1. The van der Waals surface area contributed by atoms with Gasteiger partial charge < -0.3 is 14.7 Å². The predicted molar refractivity (Wildman–Crippen MR) is 175 cm³/mol. The van der Waals surface area contributed by atoms with Crippen molar-refractivity contribution in [3.8, 4) is 5.75 Å². The second-order valence-electron chi connectivity index (χ2n) is 12.0. The Morgan fingerprint density at radius 1 is 1.02 bits per heavy atom. The summed E-state index contributed by atoms with van der Waals surface area (Å²) < 4.78 is 42.1. The highest BCUT2D eigenvalue weighted by Gasteiger charge is 2.26. The van der Waals surface area contributed by atoms with Gasteiger partial charge in [-0.15, -0.1) is 0 Å². The van der Waals surface area contributed by atoms with Crippen molar-refractivity contribution in [1.29, 1.82) is 0 Å². The molecule has 0 saturated carbocycles. The molecule has 0 amide bonds. The fourth-order valence-corrected chi connectivity index (χ4v) is 5.83. The quantitative estimate of drug-likeness (QED) is 0.125. The van der Waals surface area contributed by atoms with Crippen molar-refractivity contribution in [3.05, 3.63) is 83.8 Å². The molecule has 0 spiro atoms. The lowest BCUT2D eigenvalue weighted by Gasteiger charge is -2.30. The number of hydrogen-bond acceptors (Lipinski definition) is 5. The highest BCUT2D eigenvalue weighted by molar-refractivity contribution is 7.85. The van der Waals surface area contributed by atoms with E-state index in [1.807, 2.05) is 35.1 Å². The van der Waals surface area contributed by atoms with Crippen LogP contribution in [0.3, 0.4) is 0 Å². The average Bonchev–Trinajstić information content (AvgIpc) is 2.96. The zero-order chi connectivity index (χ0) is 32.1. The molecule has 4 rings (SSSR count). The topological polar surface area (TPSA) is 108 Å². The van der Waals surface area contributed by atoms with E-state index >= 15 is 0 Å². The Labute approximate surface area is 260 Å². The zero-order valence-corrected chi connectivity index (χ0v) is 27.0. The van der Waals surface area contributed by atoms with Crippen LogP contribution in [0.25, 0.3) is 22.6 Å². The van der Waals surface area contributed by atoms with Crippen molar-refractivity contribution in [1.82, 2.24) is 0 Å². The van der Waals surface area contributed by atoms with Crippen molar-refractivity contribution in [2.45, 2.75) is 71.7 Å². The van der Waals surface area contributed by atoms with Crippen molar-refractivity contribution >= 4 is 44.3 Å². The van der Waals surface area contributed by atoms with E-state index in [0.29, 0.717) is 18.4 Å². The molecule has 0 saturated heterocycles. The van der Waals surface area contributed by atoms with Crippen LogP contribution in [0.4, 0.5) is 5.69 Å². The van der Waals surface area contributed by atoms with Crippen LogP contribution in [0.5, 0.6) is 5.75 Å². The highest BCUT2D eigenvalue weighted by atomic mass is 32.2. The van der Waals surface area contributed by atoms with Crippen LogP contribution in [0.2, 0.25) is 0 Å². The van der Waals surface area contributed by atoms with Crippen LogP contribution in [0.1, 0.15) is 71.4 Å². The molecule has 2 N–H and O–H groups in total. The Hall–Kier alpha value is -3.95. The number of nitrogens with zero attached hydrogens (tertiary/aromatic N) is 2. The number of carbonyl (C=O) groups is 1. The first-order chi connectivity index (χ1) is 20.8. The van der Waals surface area contributed by atoms with Gasteiger partial charge in [0.15, 0.2) is 6.20 Å². The number of aromatic nitrogens is 1. The fourth-order valence-electron chi connectivity index (χ4n) is 5.32. The van der Waals surface area contributed by atoms with Crippen LogP contribution in [-0.4, -0.2) is 37.1 Å². The van der Waals surface area contributed by atoms with Crippen molar-refractivity contribution in [3.63, 3.8) is 0 Å². The number of aryl methyl sites for hydroxylation is 1. The molecule has 8 nitrogen and oxygen atoms in total. The third-order valence-electron chi connectivity index (χ3n) is 7.81. The van der Waals surface area contributed by atoms with E-state index in [1.54, 1.807) is 6.07 Å². The number of fused-ring (bicyclic) bond motifs is 2. The number of carboxylic acid groups (broad SMARTS) is 1. The van der Waals surface area contributed by atoms with Gasteiger partial charge in [-0.1, -0.05) is 39.0 Å². The molecule has 1 aliphatic rings. The number of ether oxygens (including phenoxy) is 1. The van der Waals surface area contributed by atoms with Gasteiger partial charge in [0.05, 0.1) is 10.3 Å². The third kappa shape index (κ3) is 7.95. The molecular weight excluding hydrogens is 576 g/mol. The normalized spacial score (nSPS) is 14.5. The third-order valence-corrected chi connectivity index (χ3v) is 8.66. The molecule has 234 valence electrons. The van der Waals surface area contributed by atoms with Crippen LogP contribution in [0, 0.1) is 5.41 Å². The maximum atomic E-state index is 12.0. The molecule has 2 aromatic carbocycles. The summed E-state index contributed by atoms with van der Waals surface area (Å²) in [4.78, 5) is 12.9. The van der Waals surface area contributed by atoms with Gasteiger partial charge in [0.25, 0.3) is 10.1 Å². The van der Waals surface area contributed by atoms with E-state index < -0.39 is 16.1 Å². The Balaban J connectivity index is 1.72. The number of rotatable bonds is 12. The van der Waals surface area contributed by atoms with Gasteiger partial charge in [0.1, 0.15) is 18.1 Å². The monoisotopic (exact) mass is 619 g/mol. The highest BCUT2D eigenvalue weighted by Crippen LogP contribution is 2.41. The first-order valence-electron chi connectivity index (χ1n) is 15.1. The van der Waals surface area contributed by atoms with Crippen molar-refractivity contribution in [2.75, 3.05) is 18.0 Å². The largest absolute Gasteiger partial charge is 0.481 e. The number of benzene rings is 2. The lowest BCUT2D eigenvalue weighted by atomic mass is 9.89. The molecule has 2 heterocycles. The molecule has 9 heteroatoms. The number of anilines is 1. The number of unbranched alkanes of at least 4 members (excludes halogenated alkanes) is 2. The summed E-state index contributed by atoms with van der Waals surface area (Å²) >= 11 is 0. The lowest BCUT2D eigenvalue weighted by molar-refractivity contribution is -0.671. The molecule has 3 aromatic rings. The number of carboxylic acids is 1. The molecule has 1 aliphatic heterocycles. The van der Waals surface area contributed by atoms with E-state index in [9.17, 15) is 17.8 Å². The zero-order valence-electron chi connectivity index (χ0n) is 26.2.